The van der Waals surface area contributed by atoms with Crippen LogP contribution in [0.3, 0.4) is 0 Å². The average Bonchev–Trinajstić information content (AvgIpc) is 3.84. The van der Waals surface area contributed by atoms with Gasteiger partial charge < -0.3 is 14.1 Å². The van der Waals surface area contributed by atoms with E-state index < -0.39 is 16.1 Å². The lowest BCUT2D eigenvalue weighted by Crippen LogP contribution is -2.93. The number of ether oxygens (including phenoxy) is 1. The van der Waals surface area contributed by atoms with Gasteiger partial charge in [-0.25, -0.2) is 0 Å². The SMILES string of the molecule is c1ccc(-c2ccc(-c3ccc(N(c4cccc5c4Oc4ccccc4[Si]54c5ccccc5[Si](c5ccccc5)(c5ccccc5)c5ccccc54)c4cccc5oc6ccccc6c45)cc3)cc2)cc1. The van der Waals surface area contributed by atoms with E-state index in [1.54, 1.807) is 0 Å². The van der Waals surface area contributed by atoms with Crippen LogP contribution in [0.4, 0.5) is 17.1 Å². The fourth-order valence-corrected chi connectivity index (χ4v) is 24.5. The highest BCUT2D eigenvalue weighted by Gasteiger charge is 2.59. The lowest BCUT2D eigenvalue weighted by atomic mass is 10.00. The number of hydrogen-bond donors (Lipinski definition) is 0. The second kappa shape index (κ2) is 16.5. The molecule has 0 fully saturated rings. The summed E-state index contributed by atoms with van der Waals surface area (Å²) in [6, 6.07) is 101. The summed E-state index contributed by atoms with van der Waals surface area (Å²) >= 11 is 0. The zero-order chi connectivity index (χ0) is 46.9. The molecular weight excluding hydrogens is 895 g/mol. The van der Waals surface area contributed by atoms with Crippen LogP contribution in [0.15, 0.2) is 277 Å². The molecule has 0 unspecified atom stereocenters. The Morgan fingerprint density at radius 1 is 0.296 bits per heavy atom. The van der Waals surface area contributed by atoms with Crippen molar-refractivity contribution in [1.82, 2.24) is 0 Å². The smallest absolute Gasteiger partial charge is 0.188 e. The normalized spacial score (nSPS) is 13.7. The predicted molar refractivity (Wildman–Crippen MR) is 300 cm³/mol. The van der Waals surface area contributed by atoms with Gasteiger partial charge in [0.15, 0.2) is 21.9 Å². The molecule has 0 N–H and O–H groups in total. The Morgan fingerprint density at radius 2 is 0.732 bits per heavy atom. The Labute approximate surface area is 415 Å². The van der Waals surface area contributed by atoms with E-state index in [4.69, 9.17) is 9.15 Å². The van der Waals surface area contributed by atoms with Crippen LogP contribution < -0.4 is 51.1 Å². The zero-order valence-electron chi connectivity index (χ0n) is 38.7. The molecule has 0 aliphatic carbocycles. The highest BCUT2D eigenvalue weighted by atomic mass is 28.3. The third-order valence-electron chi connectivity index (χ3n) is 15.1. The van der Waals surface area contributed by atoms with Crippen molar-refractivity contribution in [3.05, 3.63) is 273 Å². The summed E-state index contributed by atoms with van der Waals surface area (Å²) in [4.78, 5) is 2.41. The van der Waals surface area contributed by atoms with Crippen molar-refractivity contribution in [3.63, 3.8) is 0 Å². The molecule has 14 rings (SSSR count). The highest BCUT2D eigenvalue weighted by molar-refractivity contribution is 7.33. The van der Waals surface area contributed by atoms with Gasteiger partial charge in [-0.2, -0.15) is 0 Å². The molecule has 12 aromatic rings. The van der Waals surface area contributed by atoms with Crippen molar-refractivity contribution in [3.8, 4) is 33.8 Å². The van der Waals surface area contributed by atoms with Crippen LogP contribution in [0.2, 0.25) is 0 Å². The van der Waals surface area contributed by atoms with Gasteiger partial charge in [-0.3, -0.25) is 0 Å². The Balaban J connectivity index is 1.03. The average molecular weight is 940 g/mol. The summed E-state index contributed by atoms with van der Waals surface area (Å²) in [5.41, 5.74) is 9.41. The maximum atomic E-state index is 7.51. The lowest BCUT2D eigenvalue weighted by molar-refractivity contribution is 0.488. The molecule has 2 aliphatic rings. The van der Waals surface area contributed by atoms with E-state index in [-0.39, 0.29) is 0 Å². The van der Waals surface area contributed by atoms with Crippen molar-refractivity contribution in [1.29, 1.82) is 0 Å². The van der Waals surface area contributed by atoms with Crippen molar-refractivity contribution in [2.45, 2.75) is 0 Å². The molecule has 0 bridgehead atoms. The minimum Gasteiger partial charge on any atom is -0.456 e. The Bertz CT molecular complexity index is 3880. The standard InChI is InChI=1S/C66H45NO2Si2/c1-4-20-46(21-5-1)47-38-40-48(41-39-47)49-42-44-50(45-43-49)67(54-27-18-31-58-65(54)53-26-10-11-29-56(53)68-58)55-28-19-37-64-66(55)69-57-30-12-13-32-59(57)71(64)62-35-16-14-33-60(62)70(51-22-6-2-7-23-51,52-24-8-3-9-25-52)61-34-15-17-36-63(61)71/h1-45H. The van der Waals surface area contributed by atoms with Crippen LogP contribution >= 0.6 is 0 Å². The van der Waals surface area contributed by atoms with Crippen LogP contribution in [0, 0.1) is 0 Å². The Kier molecular flexibility index (Phi) is 9.56. The van der Waals surface area contributed by atoms with Crippen LogP contribution in [0.1, 0.15) is 0 Å². The van der Waals surface area contributed by atoms with Crippen LogP contribution in [-0.4, -0.2) is 16.1 Å². The second-order valence-electron chi connectivity index (χ2n) is 18.6. The second-order valence-corrected chi connectivity index (χ2v) is 26.0. The number of anilines is 3. The summed E-state index contributed by atoms with van der Waals surface area (Å²) < 4.78 is 14.1. The minimum absolute atomic E-state index is 0.837. The predicted octanol–water partition coefficient (Wildman–Crippen LogP) is 11.6. The Morgan fingerprint density at radius 3 is 1.35 bits per heavy atom. The number of fused-ring (bicyclic) bond motifs is 11. The van der Waals surface area contributed by atoms with Gasteiger partial charge in [0.2, 0.25) is 0 Å². The summed E-state index contributed by atoms with van der Waals surface area (Å²) in [7, 11) is -6.09. The van der Waals surface area contributed by atoms with Gasteiger partial charge in [-0.15, -0.1) is 0 Å². The third kappa shape index (κ3) is 6.13. The molecule has 0 saturated carbocycles. The molecule has 1 spiro atoms. The van der Waals surface area contributed by atoms with Gasteiger partial charge in [0.1, 0.15) is 16.9 Å². The van der Waals surface area contributed by atoms with Gasteiger partial charge >= 0.3 is 0 Å². The Hall–Kier alpha value is -8.75. The summed E-state index contributed by atoms with van der Waals surface area (Å²) in [6.07, 6.45) is 0. The number of furan rings is 1. The molecule has 334 valence electrons. The van der Waals surface area contributed by atoms with Crippen molar-refractivity contribution in [2.24, 2.45) is 0 Å². The lowest BCUT2D eigenvalue weighted by Gasteiger charge is -2.50. The molecule has 71 heavy (non-hydrogen) atoms. The summed E-state index contributed by atoms with van der Waals surface area (Å²) in [6.45, 7) is 0. The van der Waals surface area contributed by atoms with E-state index >= 15 is 0 Å². The molecule has 5 heteroatoms. The molecule has 0 amide bonds. The molecule has 11 aromatic carbocycles. The molecule has 2 aliphatic heterocycles. The molecule has 3 nitrogen and oxygen atoms in total. The number of rotatable bonds is 7. The fourth-order valence-electron chi connectivity index (χ4n) is 12.2. The van der Waals surface area contributed by atoms with Gasteiger partial charge in [0.05, 0.1) is 16.8 Å². The maximum absolute atomic E-state index is 7.51. The first-order valence-electron chi connectivity index (χ1n) is 24.4. The number of hydrogen-bond acceptors (Lipinski definition) is 3. The van der Waals surface area contributed by atoms with E-state index in [0.29, 0.717) is 0 Å². The van der Waals surface area contributed by atoms with E-state index in [1.165, 1.54) is 52.6 Å². The van der Waals surface area contributed by atoms with Crippen molar-refractivity contribution >= 4 is 96.6 Å². The van der Waals surface area contributed by atoms with Gasteiger partial charge in [-0.05, 0) is 106 Å². The summed E-state index contributed by atoms with van der Waals surface area (Å²) in [5.74, 6) is 1.78. The number of nitrogens with zero attached hydrogens (tertiary/aromatic N) is 1. The third-order valence-corrected chi connectivity index (χ3v) is 25.4. The minimum atomic E-state index is -3.19. The van der Waals surface area contributed by atoms with Crippen LogP contribution in [-0.2, 0) is 0 Å². The molecular formula is C66H45NO2Si2. The largest absolute Gasteiger partial charge is 0.456 e. The molecule has 3 heterocycles. The van der Waals surface area contributed by atoms with E-state index in [9.17, 15) is 0 Å². The van der Waals surface area contributed by atoms with Crippen molar-refractivity contribution < 1.29 is 9.15 Å². The summed E-state index contributed by atoms with van der Waals surface area (Å²) in [5, 5.41) is 13.1. The number of para-hydroxylation sites is 3. The van der Waals surface area contributed by atoms with E-state index in [2.05, 4.69) is 272 Å². The molecule has 0 atom stereocenters. The topological polar surface area (TPSA) is 25.6 Å². The first kappa shape index (κ1) is 41.2. The molecule has 1 aromatic heterocycles. The molecule has 0 radical (unpaired) electrons. The van der Waals surface area contributed by atoms with E-state index in [0.717, 1.165) is 61.6 Å². The maximum Gasteiger partial charge on any atom is 0.188 e. The van der Waals surface area contributed by atoms with Gasteiger partial charge in [0.25, 0.3) is 0 Å². The van der Waals surface area contributed by atoms with Crippen LogP contribution in [0.25, 0.3) is 44.2 Å². The fraction of sp³-hybridized carbons (Fsp3) is 0. The highest BCUT2D eigenvalue weighted by Crippen LogP contribution is 2.48. The monoisotopic (exact) mass is 939 g/mol. The first-order valence-corrected chi connectivity index (χ1v) is 28.4. The number of benzene rings is 11. The van der Waals surface area contributed by atoms with Gasteiger partial charge in [0, 0.05) is 11.1 Å². The van der Waals surface area contributed by atoms with E-state index in [1.807, 2.05) is 6.07 Å². The van der Waals surface area contributed by atoms with Crippen molar-refractivity contribution in [2.75, 3.05) is 4.90 Å². The van der Waals surface area contributed by atoms with Crippen LogP contribution in [0.5, 0.6) is 11.5 Å². The first-order chi connectivity index (χ1) is 35.2. The quantitative estimate of drug-likeness (QED) is 0.149. The van der Waals surface area contributed by atoms with Gasteiger partial charge in [-0.1, -0.05) is 231 Å². The zero-order valence-corrected chi connectivity index (χ0v) is 40.7. The molecule has 0 saturated heterocycles.